The first-order chi connectivity index (χ1) is 18.0. The maximum atomic E-state index is 13.6. The Morgan fingerprint density at radius 2 is 1.86 bits per heavy atom. The highest BCUT2D eigenvalue weighted by molar-refractivity contribution is 7.13. The van der Waals surface area contributed by atoms with Gasteiger partial charge >= 0.3 is 0 Å². The van der Waals surface area contributed by atoms with Gasteiger partial charge < -0.3 is 15.5 Å². The van der Waals surface area contributed by atoms with E-state index >= 15 is 0 Å². The first-order valence-corrected chi connectivity index (χ1v) is 14.2. The van der Waals surface area contributed by atoms with Gasteiger partial charge in [0.2, 0.25) is 11.8 Å². The molecule has 1 aliphatic heterocycles. The summed E-state index contributed by atoms with van der Waals surface area (Å²) in [7, 11) is 0. The Morgan fingerprint density at radius 1 is 1.11 bits per heavy atom. The Bertz CT molecular complexity index is 1160. The van der Waals surface area contributed by atoms with Crippen molar-refractivity contribution >= 4 is 23.2 Å². The maximum absolute atomic E-state index is 13.6. The van der Waals surface area contributed by atoms with E-state index in [0.717, 1.165) is 42.6 Å². The molecule has 0 unspecified atom stereocenters. The molecule has 3 atom stereocenters. The molecule has 1 aromatic heterocycles. The van der Waals surface area contributed by atoms with Crippen molar-refractivity contribution in [3.05, 3.63) is 76.9 Å². The molecule has 0 bridgehead atoms. The summed E-state index contributed by atoms with van der Waals surface area (Å²) in [4.78, 5) is 34.1. The van der Waals surface area contributed by atoms with E-state index in [1.54, 1.807) is 16.2 Å². The molecule has 37 heavy (non-hydrogen) atoms. The van der Waals surface area contributed by atoms with Crippen LogP contribution in [0.3, 0.4) is 0 Å². The quantitative estimate of drug-likeness (QED) is 0.376. The monoisotopic (exact) mass is 518 g/mol. The van der Waals surface area contributed by atoms with Crippen molar-refractivity contribution in [1.82, 2.24) is 20.5 Å². The number of nitrogens with one attached hydrogen (secondary N) is 2. The molecule has 0 aliphatic carbocycles. The van der Waals surface area contributed by atoms with Gasteiger partial charge in [-0.2, -0.15) is 0 Å². The molecule has 2 heterocycles. The van der Waals surface area contributed by atoms with Crippen molar-refractivity contribution in [2.75, 3.05) is 13.1 Å². The van der Waals surface area contributed by atoms with E-state index in [1.165, 1.54) is 10.4 Å². The fourth-order valence-electron chi connectivity index (χ4n) is 4.93. The molecule has 2 aromatic carbocycles. The molecule has 4 rings (SSSR count). The third-order valence-electron chi connectivity index (χ3n) is 7.37. The lowest BCUT2D eigenvalue weighted by atomic mass is 9.97. The van der Waals surface area contributed by atoms with E-state index < -0.39 is 6.04 Å². The van der Waals surface area contributed by atoms with Crippen molar-refractivity contribution in [3.8, 4) is 10.4 Å². The molecule has 3 aromatic rings. The summed E-state index contributed by atoms with van der Waals surface area (Å²) in [6.07, 6.45) is 3.32. The van der Waals surface area contributed by atoms with Gasteiger partial charge in [-0.1, -0.05) is 74.9 Å². The number of aryl methyl sites for hydroxylation is 1. The SMILES string of the molecule is CC[C@H](C)[C@H](NCCc1ccccc1)C(=O)N1CCC[C@H]1C(=O)NCc1ccc(-c2scnc2C)cc1. The minimum absolute atomic E-state index is 0.0457. The van der Waals surface area contributed by atoms with Gasteiger partial charge in [0.1, 0.15) is 6.04 Å². The van der Waals surface area contributed by atoms with Crippen LogP contribution in [0.25, 0.3) is 10.4 Å². The number of nitrogens with zero attached hydrogens (tertiary/aromatic N) is 2. The number of benzene rings is 2. The zero-order valence-electron chi connectivity index (χ0n) is 22.1. The number of hydrogen-bond donors (Lipinski definition) is 2. The van der Waals surface area contributed by atoms with Crippen molar-refractivity contribution < 1.29 is 9.59 Å². The Morgan fingerprint density at radius 3 is 2.54 bits per heavy atom. The van der Waals surface area contributed by atoms with Gasteiger partial charge in [-0.15, -0.1) is 11.3 Å². The highest BCUT2D eigenvalue weighted by atomic mass is 32.1. The van der Waals surface area contributed by atoms with E-state index in [4.69, 9.17) is 0 Å². The normalized spacial score (nSPS) is 16.9. The second-order valence-corrected chi connectivity index (χ2v) is 10.8. The maximum Gasteiger partial charge on any atom is 0.243 e. The lowest BCUT2D eigenvalue weighted by Crippen LogP contribution is -2.54. The summed E-state index contributed by atoms with van der Waals surface area (Å²) in [5, 5.41) is 6.58. The molecule has 2 amide bonds. The molecule has 1 saturated heterocycles. The smallest absolute Gasteiger partial charge is 0.243 e. The number of hydrogen-bond acceptors (Lipinski definition) is 5. The summed E-state index contributed by atoms with van der Waals surface area (Å²) < 4.78 is 0. The third-order valence-corrected chi connectivity index (χ3v) is 8.34. The molecule has 0 saturated carbocycles. The third kappa shape index (κ3) is 6.84. The Kier molecular flexibility index (Phi) is 9.47. The fraction of sp³-hybridized carbons (Fsp3) is 0.433. The van der Waals surface area contributed by atoms with Gasteiger partial charge in [-0.3, -0.25) is 9.59 Å². The van der Waals surface area contributed by atoms with Crippen LogP contribution in [0.15, 0.2) is 60.1 Å². The predicted molar refractivity (Wildman–Crippen MR) is 150 cm³/mol. The summed E-state index contributed by atoms with van der Waals surface area (Å²) >= 11 is 1.63. The van der Waals surface area contributed by atoms with E-state index in [9.17, 15) is 9.59 Å². The highest BCUT2D eigenvalue weighted by Gasteiger charge is 2.38. The zero-order valence-corrected chi connectivity index (χ0v) is 22.9. The van der Waals surface area contributed by atoms with Crippen LogP contribution in [0.5, 0.6) is 0 Å². The fourth-order valence-corrected chi connectivity index (χ4v) is 5.74. The van der Waals surface area contributed by atoms with Crippen molar-refractivity contribution in [3.63, 3.8) is 0 Å². The molecular formula is C30H38N4O2S. The van der Waals surface area contributed by atoms with Crippen molar-refractivity contribution in [1.29, 1.82) is 0 Å². The van der Waals surface area contributed by atoms with Crippen LogP contribution in [-0.4, -0.2) is 46.9 Å². The minimum Gasteiger partial charge on any atom is -0.350 e. The van der Waals surface area contributed by atoms with Gasteiger partial charge in [-0.05, 0) is 55.3 Å². The highest BCUT2D eigenvalue weighted by Crippen LogP contribution is 2.27. The number of aromatic nitrogens is 1. The van der Waals surface area contributed by atoms with E-state index in [1.807, 2.05) is 42.8 Å². The average molecular weight is 519 g/mol. The lowest BCUT2D eigenvalue weighted by Gasteiger charge is -2.31. The summed E-state index contributed by atoms with van der Waals surface area (Å²) in [5.41, 5.74) is 6.31. The number of rotatable bonds is 11. The van der Waals surface area contributed by atoms with Crippen LogP contribution in [-0.2, 0) is 22.6 Å². The van der Waals surface area contributed by atoms with Crippen molar-refractivity contribution in [2.24, 2.45) is 5.92 Å². The summed E-state index contributed by atoms with van der Waals surface area (Å²) in [5.74, 6) is 0.165. The van der Waals surface area contributed by atoms with Gasteiger partial charge in [-0.25, -0.2) is 4.98 Å². The van der Waals surface area contributed by atoms with Crippen LogP contribution in [0, 0.1) is 12.8 Å². The zero-order chi connectivity index (χ0) is 26.2. The Labute approximate surface area is 224 Å². The van der Waals surface area contributed by atoms with Crippen LogP contribution in [0.1, 0.15) is 49.9 Å². The molecule has 0 spiro atoms. The first-order valence-electron chi connectivity index (χ1n) is 13.3. The molecule has 0 radical (unpaired) electrons. The summed E-state index contributed by atoms with van der Waals surface area (Å²) in [6, 6.07) is 17.8. The van der Waals surface area contributed by atoms with E-state index in [-0.39, 0.29) is 23.8 Å². The van der Waals surface area contributed by atoms with E-state index in [0.29, 0.717) is 19.5 Å². The molecule has 1 aliphatic rings. The minimum atomic E-state index is -0.408. The first kappa shape index (κ1) is 27.0. The second kappa shape index (κ2) is 13.0. The van der Waals surface area contributed by atoms with Gasteiger partial charge in [0.05, 0.1) is 22.1 Å². The average Bonchev–Trinajstić information content (AvgIpc) is 3.59. The molecule has 1 fully saturated rings. The Hall–Kier alpha value is -3.03. The van der Waals surface area contributed by atoms with Crippen LogP contribution in [0.4, 0.5) is 0 Å². The van der Waals surface area contributed by atoms with Crippen LogP contribution >= 0.6 is 11.3 Å². The number of amides is 2. The Balaban J connectivity index is 1.34. The van der Waals surface area contributed by atoms with Gasteiger partial charge in [0, 0.05) is 13.1 Å². The standard InChI is InChI=1S/C30H38N4O2S/c1-4-21(2)27(31-17-16-23-9-6-5-7-10-23)30(36)34-18-8-11-26(34)29(35)32-19-24-12-14-25(15-13-24)28-22(3)33-20-37-28/h5-7,9-10,12-15,20-21,26-27,31H,4,8,11,16-19H2,1-3H3,(H,32,35)/t21-,26-,27-/m0/s1. The van der Waals surface area contributed by atoms with E-state index in [2.05, 4.69) is 53.7 Å². The van der Waals surface area contributed by atoms with Crippen LogP contribution < -0.4 is 10.6 Å². The molecular weight excluding hydrogens is 480 g/mol. The van der Waals surface area contributed by atoms with Crippen LogP contribution in [0.2, 0.25) is 0 Å². The summed E-state index contributed by atoms with van der Waals surface area (Å²) in [6.45, 7) is 8.04. The van der Waals surface area contributed by atoms with Gasteiger partial charge in [0.25, 0.3) is 0 Å². The molecule has 6 nitrogen and oxygen atoms in total. The second-order valence-electron chi connectivity index (χ2n) is 9.92. The predicted octanol–water partition coefficient (Wildman–Crippen LogP) is 4.97. The lowest BCUT2D eigenvalue weighted by molar-refractivity contribution is -0.141. The molecule has 196 valence electrons. The molecule has 2 N–H and O–H groups in total. The number of carbonyl (C=O) groups excluding carboxylic acids is 2. The van der Waals surface area contributed by atoms with Crippen molar-refractivity contribution in [2.45, 2.75) is 65.1 Å². The number of carbonyl (C=O) groups is 2. The topological polar surface area (TPSA) is 74.3 Å². The largest absolute Gasteiger partial charge is 0.350 e. The number of likely N-dealkylation sites (tertiary alicyclic amines) is 1. The number of thiazole rings is 1. The molecule has 7 heteroatoms. The van der Waals surface area contributed by atoms with Gasteiger partial charge in [0.15, 0.2) is 0 Å².